The Bertz CT molecular complexity index is 538. The van der Waals surface area contributed by atoms with E-state index in [2.05, 4.69) is 17.6 Å². The van der Waals surface area contributed by atoms with Crippen LogP contribution in [-0.4, -0.2) is 31.6 Å². The Labute approximate surface area is 128 Å². The summed E-state index contributed by atoms with van der Waals surface area (Å²) in [6.45, 7) is 2.81. The predicted octanol–water partition coefficient (Wildman–Crippen LogP) is 2.22. The lowest BCUT2D eigenvalue weighted by atomic mass is 10.2. The molecule has 0 radical (unpaired) electrons. The number of methoxy groups -OCH3 is 1. The second-order valence-corrected chi connectivity index (χ2v) is 6.09. The Morgan fingerprint density at radius 3 is 2.71 bits per heavy atom. The van der Waals surface area contributed by atoms with E-state index >= 15 is 0 Å². The van der Waals surface area contributed by atoms with Crippen LogP contribution in [0.15, 0.2) is 0 Å². The molecule has 1 aliphatic carbocycles. The minimum Gasteiger partial charge on any atom is -0.465 e. The van der Waals surface area contributed by atoms with Crippen LogP contribution in [0.4, 0.5) is 10.7 Å². The third kappa shape index (κ3) is 3.66. The third-order valence-corrected chi connectivity index (χ3v) is 4.43. The van der Waals surface area contributed by atoms with E-state index in [1.165, 1.54) is 18.4 Å². The number of hydrogen-bond acceptors (Lipinski definition) is 6. The van der Waals surface area contributed by atoms with E-state index in [1.807, 2.05) is 0 Å². The lowest BCUT2D eigenvalue weighted by Crippen LogP contribution is -2.25. The zero-order chi connectivity index (χ0) is 15.4. The fraction of sp³-hybridized carbons (Fsp3) is 0.571. The van der Waals surface area contributed by atoms with Crippen LogP contribution in [0.2, 0.25) is 0 Å². The largest absolute Gasteiger partial charge is 0.465 e. The van der Waals surface area contributed by atoms with Gasteiger partial charge in [-0.05, 0) is 19.3 Å². The first-order chi connectivity index (χ1) is 10.1. The molecule has 1 aliphatic rings. The van der Waals surface area contributed by atoms with Crippen LogP contribution in [-0.2, 0) is 4.74 Å². The molecule has 116 valence electrons. The second-order valence-electron chi connectivity index (χ2n) is 5.07. The van der Waals surface area contributed by atoms with Gasteiger partial charge in [0.05, 0.1) is 12.8 Å². The number of esters is 1. The van der Waals surface area contributed by atoms with E-state index in [0.717, 1.165) is 32.2 Å². The minimum absolute atomic E-state index is 0.198. The summed E-state index contributed by atoms with van der Waals surface area (Å²) < 4.78 is 4.77. The fourth-order valence-corrected chi connectivity index (χ4v) is 2.94. The monoisotopic (exact) mass is 311 g/mol. The number of anilines is 2. The highest BCUT2D eigenvalue weighted by atomic mass is 32.1. The molecule has 1 aromatic rings. The van der Waals surface area contributed by atoms with E-state index in [4.69, 9.17) is 10.5 Å². The first kappa shape index (κ1) is 15.6. The van der Waals surface area contributed by atoms with Gasteiger partial charge in [-0.25, -0.2) is 4.79 Å². The molecule has 0 unspecified atom stereocenters. The van der Waals surface area contributed by atoms with Crippen LogP contribution in [0.25, 0.3) is 0 Å². The summed E-state index contributed by atoms with van der Waals surface area (Å²) in [6.07, 6.45) is 4.02. The summed E-state index contributed by atoms with van der Waals surface area (Å²) in [7, 11) is 1.30. The SMILES string of the molecule is CCCCNc1sc(C(=O)NC2CC2)c(N)c1C(=O)OC. The fourth-order valence-electron chi connectivity index (χ4n) is 1.90. The van der Waals surface area contributed by atoms with Crippen molar-refractivity contribution < 1.29 is 14.3 Å². The van der Waals surface area contributed by atoms with Crippen molar-refractivity contribution >= 4 is 33.9 Å². The van der Waals surface area contributed by atoms with Gasteiger partial charge in [-0.1, -0.05) is 13.3 Å². The maximum absolute atomic E-state index is 12.2. The van der Waals surface area contributed by atoms with Crippen molar-refractivity contribution in [1.29, 1.82) is 0 Å². The number of thiophene rings is 1. The molecule has 0 spiro atoms. The lowest BCUT2D eigenvalue weighted by molar-refractivity contribution is 0.0603. The highest BCUT2D eigenvalue weighted by Crippen LogP contribution is 2.36. The smallest absolute Gasteiger partial charge is 0.343 e. The van der Waals surface area contributed by atoms with Crippen molar-refractivity contribution in [1.82, 2.24) is 5.32 Å². The molecule has 0 atom stereocenters. The van der Waals surface area contributed by atoms with Crippen LogP contribution in [0.5, 0.6) is 0 Å². The number of carbonyl (C=O) groups is 2. The molecule has 21 heavy (non-hydrogen) atoms. The summed E-state index contributed by atoms with van der Waals surface area (Å²) in [4.78, 5) is 24.4. The number of nitrogens with one attached hydrogen (secondary N) is 2. The van der Waals surface area contributed by atoms with Crippen molar-refractivity contribution in [3.8, 4) is 0 Å². The molecule has 6 nitrogen and oxygen atoms in total. The van der Waals surface area contributed by atoms with Crippen LogP contribution >= 0.6 is 11.3 Å². The Morgan fingerprint density at radius 1 is 1.43 bits per heavy atom. The van der Waals surface area contributed by atoms with Crippen molar-refractivity contribution in [2.45, 2.75) is 38.6 Å². The van der Waals surface area contributed by atoms with Crippen LogP contribution in [0.1, 0.15) is 52.6 Å². The Hall–Kier alpha value is -1.76. The zero-order valence-electron chi connectivity index (χ0n) is 12.3. The van der Waals surface area contributed by atoms with Gasteiger partial charge in [0.2, 0.25) is 0 Å². The first-order valence-corrected chi connectivity index (χ1v) is 7.95. The molecule has 1 aromatic heterocycles. The van der Waals surface area contributed by atoms with Gasteiger partial charge in [-0.2, -0.15) is 0 Å². The zero-order valence-corrected chi connectivity index (χ0v) is 13.1. The molecule has 0 aliphatic heterocycles. The van der Waals surface area contributed by atoms with Crippen molar-refractivity contribution in [3.05, 3.63) is 10.4 Å². The van der Waals surface area contributed by atoms with Crippen LogP contribution in [0, 0.1) is 0 Å². The average Bonchev–Trinajstić information content (AvgIpc) is 3.21. The summed E-state index contributed by atoms with van der Waals surface area (Å²) in [5.41, 5.74) is 6.45. The quantitative estimate of drug-likeness (QED) is 0.530. The molecule has 4 N–H and O–H groups in total. The standard InChI is InChI=1S/C14H21N3O3S/c1-3-4-7-16-13-9(14(19)20-2)10(15)11(21-13)12(18)17-8-5-6-8/h8,16H,3-7,15H2,1-2H3,(H,17,18). The molecule has 1 saturated carbocycles. The number of nitrogens with two attached hydrogens (primary N) is 1. The highest BCUT2D eigenvalue weighted by molar-refractivity contribution is 7.19. The molecule has 0 aromatic carbocycles. The van der Waals surface area contributed by atoms with Gasteiger partial charge in [0.25, 0.3) is 5.91 Å². The summed E-state index contributed by atoms with van der Waals surface area (Å²) >= 11 is 1.21. The Balaban J connectivity index is 2.24. The van der Waals surface area contributed by atoms with Gasteiger partial charge < -0.3 is 21.1 Å². The molecule has 1 fully saturated rings. The van der Waals surface area contributed by atoms with Gasteiger partial charge in [-0.15, -0.1) is 11.3 Å². The molecule has 2 rings (SSSR count). The van der Waals surface area contributed by atoms with E-state index in [0.29, 0.717) is 9.88 Å². The highest BCUT2D eigenvalue weighted by Gasteiger charge is 2.29. The number of nitrogen functional groups attached to an aromatic ring is 1. The van der Waals surface area contributed by atoms with E-state index in [9.17, 15) is 9.59 Å². The predicted molar refractivity (Wildman–Crippen MR) is 84.0 cm³/mol. The minimum atomic E-state index is -0.520. The van der Waals surface area contributed by atoms with Crippen molar-refractivity contribution in [3.63, 3.8) is 0 Å². The van der Waals surface area contributed by atoms with Crippen LogP contribution < -0.4 is 16.4 Å². The average molecular weight is 311 g/mol. The Kier molecular flexibility index (Phi) is 5.06. The number of hydrogen-bond donors (Lipinski definition) is 3. The molecular formula is C14H21N3O3S. The normalized spacial score (nSPS) is 13.8. The van der Waals surface area contributed by atoms with Gasteiger partial charge >= 0.3 is 5.97 Å². The summed E-state index contributed by atoms with van der Waals surface area (Å²) in [6, 6.07) is 0.247. The molecule has 1 amide bonds. The number of carbonyl (C=O) groups excluding carboxylic acids is 2. The van der Waals surface area contributed by atoms with E-state index in [-0.39, 0.29) is 23.2 Å². The third-order valence-electron chi connectivity index (χ3n) is 3.27. The molecule has 1 heterocycles. The van der Waals surface area contributed by atoms with Crippen LogP contribution in [0.3, 0.4) is 0 Å². The first-order valence-electron chi connectivity index (χ1n) is 7.13. The van der Waals surface area contributed by atoms with Gasteiger partial charge in [-0.3, -0.25) is 4.79 Å². The van der Waals surface area contributed by atoms with Gasteiger partial charge in [0.1, 0.15) is 15.4 Å². The second kappa shape index (κ2) is 6.80. The van der Waals surface area contributed by atoms with E-state index in [1.54, 1.807) is 0 Å². The van der Waals surface area contributed by atoms with Gasteiger partial charge in [0, 0.05) is 12.6 Å². The maximum Gasteiger partial charge on any atom is 0.343 e. The molecule has 7 heteroatoms. The maximum atomic E-state index is 12.2. The molecule has 0 bridgehead atoms. The number of amides is 1. The Morgan fingerprint density at radius 2 is 2.14 bits per heavy atom. The summed E-state index contributed by atoms with van der Waals surface area (Å²) in [5, 5.41) is 6.66. The number of ether oxygens (including phenoxy) is 1. The van der Waals surface area contributed by atoms with Crippen molar-refractivity contribution in [2.75, 3.05) is 24.7 Å². The molecule has 0 saturated heterocycles. The number of rotatable bonds is 7. The van der Waals surface area contributed by atoms with E-state index < -0.39 is 5.97 Å². The topological polar surface area (TPSA) is 93.5 Å². The van der Waals surface area contributed by atoms with Crippen molar-refractivity contribution in [2.24, 2.45) is 0 Å². The number of unbranched alkanes of at least 4 members (excludes halogenated alkanes) is 1. The summed E-state index contributed by atoms with van der Waals surface area (Å²) in [5.74, 6) is -0.734. The lowest BCUT2D eigenvalue weighted by Gasteiger charge is -2.05. The van der Waals surface area contributed by atoms with Gasteiger partial charge in [0.15, 0.2) is 0 Å². The molecular weight excluding hydrogens is 290 g/mol.